The van der Waals surface area contributed by atoms with Gasteiger partial charge in [-0.15, -0.1) is 34.2 Å². The van der Waals surface area contributed by atoms with E-state index in [4.69, 9.17) is 9.73 Å². The summed E-state index contributed by atoms with van der Waals surface area (Å²) in [5.41, 5.74) is 0.345. The number of hydrogen-bond acceptors (Lipinski definition) is 5. The molecule has 2 saturated heterocycles. The van der Waals surface area contributed by atoms with Crippen LogP contribution in [-0.4, -0.2) is 83.0 Å². The topological polar surface area (TPSA) is 70.8 Å². The van der Waals surface area contributed by atoms with Crippen LogP contribution in [0.4, 0.5) is 0 Å². The number of guanidine groups is 1. The molecule has 2 fully saturated rings. The van der Waals surface area contributed by atoms with E-state index in [2.05, 4.69) is 39.2 Å². The van der Waals surface area contributed by atoms with Crippen LogP contribution < -0.4 is 5.32 Å². The molecule has 28 heavy (non-hydrogen) atoms. The molecule has 0 atom stereocenters. The largest absolute Gasteiger partial charge is 0.379 e. The molecule has 0 aromatic carbocycles. The molecule has 0 spiro atoms. The van der Waals surface area contributed by atoms with Crippen LogP contribution in [0.3, 0.4) is 0 Å². The Labute approximate surface area is 186 Å². The van der Waals surface area contributed by atoms with Crippen molar-refractivity contribution in [2.24, 2.45) is 17.5 Å². The van der Waals surface area contributed by atoms with E-state index in [0.29, 0.717) is 12.0 Å². The smallest absolute Gasteiger partial charge is 0.194 e. The molecule has 2 aliphatic rings. The minimum atomic E-state index is 0. The summed E-state index contributed by atoms with van der Waals surface area (Å²) in [5, 5.41) is 12.0. The maximum Gasteiger partial charge on any atom is 0.194 e. The molecule has 0 aliphatic carbocycles. The minimum Gasteiger partial charge on any atom is -0.379 e. The van der Waals surface area contributed by atoms with Crippen LogP contribution in [0.5, 0.6) is 0 Å². The van der Waals surface area contributed by atoms with Crippen LogP contribution in [0, 0.1) is 12.3 Å². The van der Waals surface area contributed by atoms with E-state index in [-0.39, 0.29) is 24.0 Å². The second kappa shape index (κ2) is 10.7. The molecule has 0 bridgehead atoms. The monoisotopic (exact) mass is 505 g/mol. The number of aromatic nitrogens is 3. The summed E-state index contributed by atoms with van der Waals surface area (Å²) in [6, 6.07) is 0. The van der Waals surface area contributed by atoms with Crippen LogP contribution in [0.2, 0.25) is 0 Å². The van der Waals surface area contributed by atoms with Crippen LogP contribution in [0.25, 0.3) is 0 Å². The molecule has 0 amide bonds. The Kier molecular flexibility index (Phi) is 8.94. The maximum atomic E-state index is 5.42. The summed E-state index contributed by atoms with van der Waals surface area (Å²) in [7, 11) is 1.99. The summed E-state index contributed by atoms with van der Waals surface area (Å²) in [5.74, 6) is 2.82. The summed E-state index contributed by atoms with van der Waals surface area (Å²) < 4.78 is 7.43. The molecule has 1 aromatic rings. The van der Waals surface area contributed by atoms with Crippen molar-refractivity contribution < 1.29 is 4.74 Å². The molecule has 8 nitrogen and oxygen atoms in total. The SMILES string of the molecule is Cc1nnc(CN=C(NCCCN2CCOCC2)N2CCC(C)(C)C2)n1C.I. The third-order valence-corrected chi connectivity index (χ3v) is 5.57. The fraction of sp³-hybridized carbons (Fsp3) is 0.842. The second-order valence-corrected chi connectivity index (χ2v) is 8.43. The third-order valence-electron chi connectivity index (χ3n) is 5.57. The molecule has 2 aliphatic heterocycles. The van der Waals surface area contributed by atoms with Crippen LogP contribution in [0.1, 0.15) is 38.3 Å². The van der Waals surface area contributed by atoms with E-state index >= 15 is 0 Å². The molecule has 0 unspecified atom stereocenters. The predicted octanol–water partition coefficient (Wildman–Crippen LogP) is 1.64. The van der Waals surface area contributed by atoms with Crippen LogP contribution in [-0.2, 0) is 18.3 Å². The molecule has 3 rings (SSSR count). The molecule has 9 heteroatoms. The first-order valence-electron chi connectivity index (χ1n) is 10.1. The number of ether oxygens (including phenoxy) is 1. The van der Waals surface area contributed by atoms with Crippen LogP contribution >= 0.6 is 24.0 Å². The van der Waals surface area contributed by atoms with Gasteiger partial charge in [-0.3, -0.25) is 4.90 Å². The van der Waals surface area contributed by atoms with Gasteiger partial charge in [0.05, 0.1) is 13.2 Å². The van der Waals surface area contributed by atoms with Crippen molar-refractivity contribution in [1.29, 1.82) is 0 Å². The standard InChI is InChI=1S/C19H35N7O.HI/c1-16-22-23-17(24(16)4)14-21-18(26-9-6-19(2,3)15-26)20-7-5-8-25-10-12-27-13-11-25;/h5-15H2,1-4H3,(H,20,21);1H. The number of halogens is 1. The lowest BCUT2D eigenvalue weighted by molar-refractivity contribution is 0.0375. The number of hydrogen-bond donors (Lipinski definition) is 1. The molecule has 0 saturated carbocycles. The predicted molar refractivity (Wildman–Crippen MR) is 122 cm³/mol. The highest BCUT2D eigenvalue weighted by atomic mass is 127. The number of rotatable bonds is 6. The molecule has 0 radical (unpaired) electrons. The number of morpholine rings is 1. The van der Waals surface area contributed by atoms with Gasteiger partial charge in [-0.25, -0.2) is 4.99 Å². The Hall–Kier alpha value is -0.940. The van der Waals surface area contributed by atoms with Gasteiger partial charge in [0.1, 0.15) is 12.4 Å². The fourth-order valence-electron chi connectivity index (χ4n) is 3.62. The zero-order chi connectivity index (χ0) is 19.3. The minimum absolute atomic E-state index is 0. The zero-order valence-corrected chi connectivity index (χ0v) is 20.1. The van der Waals surface area contributed by atoms with E-state index in [1.807, 2.05) is 18.5 Å². The normalized spacial score (nSPS) is 20.3. The van der Waals surface area contributed by atoms with Gasteiger partial charge in [-0.2, -0.15) is 0 Å². The van der Waals surface area contributed by atoms with Gasteiger partial charge in [-0.05, 0) is 31.7 Å². The van der Waals surface area contributed by atoms with Crippen molar-refractivity contribution >= 4 is 29.9 Å². The molecule has 1 N–H and O–H groups in total. The number of nitrogens with zero attached hydrogens (tertiary/aromatic N) is 6. The fourth-order valence-corrected chi connectivity index (χ4v) is 3.62. The Morgan fingerprint density at radius 2 is 1.96 bits per heavy atom. The number of aliphatic imine (C=N–C) groups is 1. The number of aryl methyl sites for hydroxylation is 1. The Morgan fingerprint density at radius 3 is 2.57 bits per heavy atom. The quantitative estimate of drug-likeness (QED) is 0.275. The molecular weight excluding hydrogens is 469 g/mol. The summed E-state index contributed by atoms with van der Waals surface area (Å²) >= 11 is 0. The lowest BCUT2D eigenvalue weighted by atomic mass is 9.93. The highest BCUT2D eigenvalue weighted by Crippen LogP contribution is 2.28. The van der Waals surface area contributed by atoms with E-state index in [1.54, 1.807) is 0 Å². The maximum absolute atomic E-state index is 5.42. The first-order valence-corrected chi connectivity index (χ1v) is 10.1. The van der Waals surface area contributed by atoms with Crippen molar-refractivity contribution in [3.8, 4) is 0 Å². The lowest BCUT2D eigenvalue weighted by Crippen LogP contribution is -2.42. The van der Waals surface area contributed by atoms with Crippen molar-refractivity contribution in [2.45, 2.75) is 40.2 Å². The van der Waals surface area contributed by atoms with E-state index < -0.39 is 0 Å². The van der Waals surface area contributed by atoms with E-state index in [0.717, 1.165) is 76.5 Å². The highest BCUT2D eigenvalue weighted by molar-refractivity contribution is 14.0. The average molecular weight is 505 g/mol. The van der Waals surface area contributed by atoms with Crippen molar-refractivity contribution in [3.05, 3.63) is 11.6 Å². The van der Waals surface area contributed by atoms with E-state index in [9.17, 15) is 0 Å². The van der Waals surface area contributed by atoms with Gasteiger partial charge >= 0.3 is 0 Å². The van der Waals surface area contributed by atoms with Gasteiger partial charge in [-0.1, -0.05) is 13.8 Å². The van der Waals surface area contributed by atoms with Gasteiger partial charge < -0.3 is 19.5 Å². The molecule has 3 heterocycles. The molecule has 160 valence electrons. The van der Waals surface area contributed by atoms with Gasteiger partial charge in [0, 0.05) is 39.8 Å². The van der Waals surface area contributed by atoms with Crippen LogP contribution in [0.15, 0.2) is 4.99 Å². The van der Waals surface area contributed by atoms with E-state index in [1.165, 1.54) is 6.42 Å². The summed E-state index contributed by atoms with van der Waals surface area (Å²) in [6.07, 6.45) is 2.31. The Bertz CT molecular complexity index is 640. The summed E-state index contributed by atoms with van der Waals surface area (Å²) in [6.45, 7) is 15.1. The first-order chi connectivity index (χ1) is 12.9. The van der Waals surface area contributed by atoms with Gasteiger partial charge in [0.25, 0.3) is 0 Å². The number of nitrogens with one attached hydrogen (secondary N) is 1. The first kappa shape index (κ1) is 23.3. The lowest BCUT2D eigenvalue weighted by Gasteiger charge is -2.27. The molecular formula is C19H36IN7O. The zero-order valence-electron chi connectivity index (χ0n) is 17.8. The Balaban J connectivity index is 0.00000280. The third kappa shape index (κ3) is 6.55. The highest BCUT2D eigenvalue weighted by Gasteiger charge is 2.31. The Morgan fingerprint density at radius 1 is 1.21 bits per heavy atom. The van der Waals surface area contributed by atoms with Crippen molar-refractivity contribution in [2.75, 3.05) is 52.5 Å². The second-order valence-electron chi connectivity index (χ2n) is 8.43. The van der Waals surface area contributed by atoms with Crippen molar-refractivity contribution in [1.82, 2.24) is 29.9 Å². The van der Waals surface area contributed by atoms with Gasteiger partial charge in [0.15, 0.2) is 11.8 Å². The number of likely N-dealkylation sites (tertiary alicyclic amines) is 1. The average Bonchev–Trinajstić information content (AvgIpc) is 3.17. The van der Waals surface area contributed by atoms with Gasteiger partial charge in [0.2, 0.25) is 0 Å². The van der Waals surface area contributed by atoms with Crippen molar-refractivity contribution in [3.63, 3.8) is 0 Å². The molecule has 1 aromatic heterocycles. The summed E-state index contributed by atoms with van der Waals surface area (Å²) in [4.78, 5) is 9.74.